The summed E-state index contributed by atoms with van der Waals surface area (Å²) in [4.78, 5) is 17.9. The molecule has 8 heteroatoms. The van der Waals surface area contributed by atoms with Gasteiger partial charge in [0.15, 0.2) is 11.3 Å². The van der Waals surface area contributed by atoms with E-state index in [1.54, 1.807) is 28.9 Å². The van der Waals surface area contributed by atoms with Crippen LogP contribution < -0.4 is 5.56 Å². The molecule has 0 saturated heterocycles. The number of hydrogen-bond acceptors (Lipinski definition) is 5. The van der Waals surface area contributed by atoms with Crippen LogP contribution >= 0.6 is 0 Å². The number of benzene rings is 1. The van der Waals surface area contributed by atoms with Crippen molar-refractivity contribution < 1.29 is 4.74 Å². The van der Waals surface area contributed by atoms with Gasteiger partial charge in [0, 0.05) is 19.1 Å². The Balaban J connectivity index is 2.08. The second kappa shape index (κ2) is 6.31. The van der Waals surface area contributed by atoms with Crippen molar-refractivity contribution in [3.8, 4) is 5.82 Å². The van der Waals surface area contributed by atoms with Gasteiger partial charge in [-0.15, -0.1) is 5.10 Å². The first-order chi connectivity index (χ1) is 12.9. The van der Waals surface area contributed by atoms with Crippen LogP contribution in [0.25, 0.3) is 22.4 Å². The molecule has 0 fully saturated rings. The standard InChI is InChI=1S/C19H22N6O2/c1-19(2,3)15-11-21-22-25(15)17-16-18(26)23(9-10-27-4)13-7-5-6-8-14(13)24(16)12-20-17/h5-8,11-12H,9-10H2,1-4H3. The van der Waals surface area contributed by atoms with E-state index in [2.05, 4.69) is 36.1 Å². The fraction of sp³-hybridized carbons (Fsp3) is 0.368. The highest BCUT2D eigenvalue weighted by Crippen LogP contribution is 2.25. The Morgan fingerprint density at radius 2 is 1.89 bits per heavy atom. The van der Waals surface area contributed by atoms with E-state index in [1.165, 1.54) is 0 Å². The Labute approximate surface area is 156 Å². The van der Waals surface area contributed by atoms with Gasteiger partial charge in [-0.3, -0.25) is 9.20 Å². The molecule has 140 valence electrons. The van der Waals surface area contributed by atoms with Crippen LogP contribution in [-0.4, -0.2) is 42.7 Å². The van der Waals surface area contributed by atoms with Crippen molar-refractivity contribution in [1.82, 2.24) is 28.9 Å². The fourth-order valence-electron chi connectivity index (χ4n) is 3.32. The minimum atomic E-state index is -0.189. The lowest BCUT2D eigenvalue weighted by molar-refractivity contribution is 0.187. The van der Waals surface area contributed by atoms with E-state index in [1.807, 2.05) is 28.7 Å². The molecule has 3 heterocycles. The lowest BCUT2D eigenvalue weighted by Gasteiger charge is -2.18. The Bertz CT molecular complexity index is 1180. The molecule has 0 aliphatic carbocycles. The average molecular weight is 366 g/mol. The van der Waals surface area contributed by atoms with E-state index in [4.69, 9.17) is 4.74 Å². The molecule has 0 amide bonds. The highest BCUT2D eigenvalue weighted by atomic mass is 16.5. The van der Waals surface area contributed by atoms with Gasteiger partial charge in [-0.2, -0.15) is 4.68 Å². The van der Waals surface area contributed by atoms with Crippen molar-refractivity contribution in [2.45, 2.75) is 32.7 Å². The van der Waals surface area contributed by atoms with Crippen molar-refractivity contribution in [2.24, 2.45) is 0 Å². The van der Waals surface area contributed by atoms with Gasteiger partial charge in [0.05, 0.1) is 29.5 Å². The van der Waals surface area contributed by atoms with Crippen LogP contribution in [0, 0.1) is 0 Å². The molecule has 4 rings (SSSR count). The summed E-state index contributed by atoms with van der Waals surface area (Å²) in [6, 6.07) is 7.77. The lowest BCUT2D eigenvalue weighted by Crippen LogP contribution is -2.26. The number of fused-ring (bicyclic) bond motifs is 3. The maximum absolute atomic E-state index is 13.4. The van der Waals surface area contributed by atoms with Crippen LogP contribution in [0.15, 0.2) is 41.6 Å². The second-order valence-corrected chi connectivity index (χ2v) is 7.51. The molecule has 0 atom stereocenters. The molecule has 1 aromatic carbocycles. The molecule has 0 saturated carbocycles. The molecule has 0 aliphatic heterocycles. The zero-order valence-corrected chi connectivity index (χ0v) is 15.9. The molecule has 4 aromatic rings. The molecule has 0 unspecified atom stereocenters. The maximum atomic E-state index is 13.4. The van der Waals surface area contributed by atoms with E-state index >= 15 is 0 Å². The van der Waals surface area contributed by atoms with E-state index in [0.717, 1.165) is 16.7 Å². The quantitative estimate of drug-likeness (QED) is 0.553. The first-order valence-electron chi connectivity index (χ1n) is 8.82. The number of rotatable bonds is 4. The number of nitrogens with zero attached hydrogens (tertiary/aromatic N) is 6. The summed E-state index contributed by atoms with van der Waals surface area (Å²) in [7, 11) is 1.63. The number of methoxy groups -OCH3 is 1. The first kappa shape index (κ1) is 17.4. The number of ether oxygens (including phenoxy) is 1. The van der Waals surface area contributed by atoms with E-state index in [-0.39, 0.29) is 11.0 Å². The van der Waals surface area contributed by atoms with Crippen LogP contribution in [0.4, 0.5) is 0 Å². The van der Waals surface area contributed by atoms with Crippen LogP contribution in [0.5, 0.6) is 0 Å². The molecule has 8 nitrogen and oxygen atoms in total. The van der Waals surface area contributed by atoms with E-state index in [0.29, 0.717) is 24.5 Å². The average Bonchev–Trinajstić information content (AvgIpc) is 3.28. The molecule has 3 aromatic heterocycles. The van der Waals surface area contributed by atoms with Crippen molar-refractivity contribution in [2.75, 3.05) is 13.7 Å². The monoisotopic (exact) mass is 366 g/mol. The van der Waals surface area contributed by atoms with Gasteiger partial charge in [0.1, 0.15) is 6.33 Å². The Hall–Kier alpha value is -3.00. The van der Waals surface area contributed by atoms with Gasteiger partial charge in [-0.1, -0.05) is 38.1 Å². The molecule has 0 radical (unpaired) electrons. The number of aromatic nitrogens is 6. The Morgan fingerprint density at radius 1 is 1.15 bits per heavy atom. The smallest absolute Gasteiger partial charge is 0.279 e. The molecule has 0 spiro atoms. The highest BCUT2D eigenvalue weighted by molar-refractivity contribution is 5.80. The molecule has 27 heavy (non-hydrogen) atoms. The molecular formula is C19H22N6O2. The molecule has 0 bridgehead atoms. The SMILES string of the molecule is COCCn1c(=O)c2c(-n3nncc3C(C)(C)C)ncn2c2ccccc21. The van der Waals surface area contributed by atoms with Gasteiger partial charge in [0.25, 0.3) is 5.56 Å². The summed E-state index contributed by atoms with van der Waals surface area (Å²) >= 11 is 0. The summed E-state index contributed by atoms with van der Waals surface area (Å²) in [5.41, 5.74) is 2.78. The summed E-state index contributed by atoms with van der Waals surface area (Å²) in [6.07, 6.45) is 3.39. The van der Waals surface area contributed by atoms with Crippen molar-refractivity contribution in [3.63, 3.8) is 0 Å². The third-order valence-corrected chi connectivity index (χ3v) is 4.67. The molecular weight excluding hydrogens is 344 g/mol. The van der Waals surface area contributed by atoms with Crippen LogP contribution in [0.2, 0.25) is 0 Å². The fourth-order valence-corrected chi connectivity index (χ4v) is 3.32. The normalized spacial score (nSPS) is 12.3. The zero-order valence-electron chi connectivity index (χ0n) is 15.9. The minimum Gasteiger partial charge on any atom is -0.383 e. The van der Waals surface area contributed by atoms with Crippen molar-refractivity contribution in [1.29, 1.82) is 0 Å². The number of imidazole rings is 1. The summed E-state index contributed by atoms with van der Waals surface area (Å²) < 4.78 is 10.4. The van der Waals surface area contributed by atoms with Crippen LogP contribution in [-0.2, 0) is 16.7 Å². The molecule has 0 N–H and O–H groups in total. The van der Waals surface area contributed by atoms with Gasteiger partial charge in [0.2, 0.25) is 0 Å². The minimum absolute atomic E-state index is 0.131. The first-order valence-corrected chi connectivity index (χ1v) is 8.82. The zero-order chi connectivity index (χ0) is 19.2. The van der Waals surface area contributed by atoms with Gasteiger partial charge in [-0.05, 0) is 12.1 Å². The third kappa shape index (κ3) is 2.73. The highest BCUT2D eigenvalue weighted by Gasteiger charge is 2.24. The summed E-state index contributed by atoms with van der Waals surface area (Å²) in [5.74, 6) is 0.486. The maximum Gasteiger partial charge on any atom is 0.279 e. The number of para-hydroxylation sites is 2. The van der Waals surface area contributed by atoms with Crippen LogP contribution in [0.1, 0.15) is 26.5 Å². The van der Waals surface area contributed by atoms with Gasteiger partial charge in [-0.25, -0.2) is 4.98 Å². The Morgan fingerprint density at radius 3 is 2.59 bits per heavy atom. The largest absolute Gasteiger partial charge is 0.383 e. The van der Waals surface area contributed by atoms with Crippen molar-refractivity contribution >= 4 is 16.6 Å². The van der Waals surface area contributed by atoms with Gasteiger partial charge >= 0.3 is 0 Å². The summed E-state index contributed by atoms with van der Waals surface area (Å²) in [6.45, 7) is 7.13. The topological polar surface area (TPSA) is 79.2 Å². The predicted molar refractivity (Wildman–Crippen MR) is 102 cm³/mol. The summed E-state index contributed by atoms with van der Waals surface area (Å²) in [5, 5.41) is 8.26. The van der Waals surface area contributed by atoms with E-state index < -0.39 is 0 Å². The molecule has 0 aliphatic rings. The predicted octanol–water partition coefficient (Wildman–Crippen LogP) is 2.17. The van der Waals surface area contributed by atoms with E-state index in [9.17, 15) is 4.79 Å². The van der Waals surface area contributed by atoms with Crippen LogP contribution in [0.3, 0.4) is 0 Å². The van der Waals surface area contributed by atoms with Gasteiger partial charge < -0.3 is 9.30 Å². The van der Waals surface area contributed by atoms with Crippen molar-refractivity contribution in [3.05, 3.63) is 52.8 Å². The lowest BCUT2D eigenvalue weighted by atomic mass is 9.93. The number of hydrogen-bond donors (Lipinski definition) is 0. The Kier molecular flexibility index (Phi) is 4.07. The second-order valence-electron chi connectivity index (χ2n) is 7.51. The third-order valence-electron chi connectivity index (χ3n) is 4.67.